The molecule has 0 saturated heterocycles. The van der Waals surface area contributed by atoms with Crippen molar-refractivity contribution >= 4 is 22.6 Å². The van der Waals surface area contributed by atoms with Crippen LogP contribution in [-0.2, 0) is 0 Å². The number of fused-ring (bicyclic) bond motifs is 3. The van der Waals surface area contributed by atoms with Gasteiger partial charge in [0.15, 0.2) is 11.3 Å². The van der Waals surface area contributed by atoms with Gasteiger partial charge >= 0.3 is 5.97 Å². The maximum atomic E-state index is 10.8. The van der Waals surface area contributed by atoms with Crippen molar-refractivity contribution in [3.8, 4) is 0 Å². The molecule has 0 amide bonds. The van der Waals surface area contributed by atoms with Gasteiger partial charge in [-0.25, -0.2) is 14.3 Å². The van der Waals surface area contributed by atoms with Gasteiger partial charge in [0.2, 0.25) is 0 Å². The van der Waals surface area contributed by atoms with E-state index < -0.39 is 5.97 Å². The van der Waals surface area contributed by atoms with Gasteiger partial charge in [-0.2, -0.15) is 5.10 Å². The van der Waals surface area contributed by atoms with Crippen LogP contribution >= 0.6 is 0 Å². The number of benzene rings is 1. The predicted molar refractivity (Wildman–Crippen MR) is 57.5 cm³/mol. The summed E-state index contributed by atoms with van der Waals surface area (Å²) in [5, 5.41) is 12.9. The van der Waals surface area contributed by atoms with E-state index in [-0.39, 0.29) is 5.69 Å². The van der Waals surface area contributed by atoms with Gasteiger partial charge in [0.25, 0.3) is 0 Å². The number of aromatic carboxylic acids is 1. The van der Waals surface area contributed by atoms with Crippen LogP contribution in [0.15, 0.2) is 36.4 Å². The maximum absolute atomic E-state index is 10.8. The molecule has 2 heterocycles. The molecule has 3 rings (SSSR count). The van der Waals surface area contributed by atoms with E-state index in [9.17, 15) is 4.79 Å². The first-order chi connectivity index (χ1) is 7.75. The number of imidazole rings is 1. The summed E-state index contributed by atoms with van der Waals surface area (Å²) in [6, 6.07) is 10.6. The summed E-state index contributed by atoms with van der Waals surface area (Å²) >= 11 is 0. The van der Waals surface area contributed by atoms with Crippen molar-refractivity contribution in [3.05, 3.63) is 42.1 Å². The zero-order valence-corrected chi connectivity index (χ0v) is 8.16. The lowest BCUT2D eigenvalue weighted by Gasteiger charge is -1.96. The summed E-state index contributed by atoms with van der Waals surface area (Å²) in [6.45, 7) is 0. The van der Waals surface area contributed by atoms with Gasteiger partial charge in [-0.3, -0.25) is 0 Å². The molecule has 5 heteroatoms. The molecule has 0 unspecified atom stereocenters. The van der Waals surface area contributed by atoms with E-state index in [0.717, 1.165) is 11.0 Å². The number of hydrogen-bond donors (Lipinski definition) is 1. The SMILES string of the molecule is O=C(O)c1ccc2nc3ccccc3n2n1. The Bertz CT molecular complexity index is 703. The van der Waals surface area contributed by atoms with Gasteiger partial charge in [0.1, 0.15) is 0 Å². The van der Waals surface area contributed by atoms with Crippen molar-refractivity contribution in [3.63, 3.8) is 0 Å². The molecule has 0 atom stereocenters. The monoisotopic (exact) mass is 213 g/mol. The first-order valence-electron chi connectivity index (χ1n) is 4.73. The van der Waals surface area contributed by atoms with Crippen LogP contribution < -0.4 is 0 Å². The second kappa shape index (κ2) is 3.03. The first-order valence-corrected chi connectivity index (χ1v) is 4.73. The van der Waals surface area contributed by atoms with Crippen LogP contribution in [0.3, 0.4) is 0 Å². The minimum Gasteiger partial charge on any atom is -0.476 e. The largest absolute Gasteiger partial charge is 0.476 e. The van der Waals surface area contributed by atoms with E-state index in [2.05, 4.69) is 10.1 Å². The lowest BCUT2D eigenvalue weighted by molar-refractivity contribution is 0.0689. The summed E-state index contributed by atoms with van der Waals surface area (Å²) in [6.07, 6.45) is 0. The third kappa shape index (κ3) is 1.15. The van der Waals surface area contributed by atoms with Crippen LogP contribution in [-0.4, -0.2) is 25.7 Å². The first kappa shape index (κ1) is 8.84. The summed E-state index contributed by atoms with van der Waals surface area (Å²) in [5.41, 5.74) is 2.26. The number of aromatic nitrogens is 3. The Morgan fingerprint density at radius 2 is 2.00 bits per heavy atom. The second-order valence-corrected chi connectivity index (χ2v) is 3.39. The molecule has 1 aromatic carbocycles. The van der Waals surface area contributed by atoms with E-state index in [4.69, 9.17) is 5.11 Å². The third-order valence-electron chi connectivity index (χ3n) is 2.38. The number of hydrogen-bond acceptors (Lipinski definition) is 3. The number of carboxylic acid groups (broad SMARTS) is 1. The van der Waals surface area contributed by atoms with E-state index in [1.54, 1.807) is 10.6 Å². The van der Waals surface area contributed by atoms with Crippen molar-refractivity contribution in [2.75, 3.05) is 0 Å². The molecule has 2 aromatic heterocycles. The topological polar surface area (TPSA) is 67.5 Å². The van der Waals surface area contributed by atoms with Crippen LogP contribution in [0.5, 0.6) is 0 Å². The zero-order chi connectivity index (χ0) is 11.1. The minimum atomic E-state index is -1.04. The van der Waals surface area contributed by atoms with Gasteiger partial charge in [-0.1, -0.05) is 12.1 Å². The number of carboxylic acids is 1. The van der Waals surface area contributed by atoms with E-state index in [1.807, 2.05) is 24.3 Å². The highest BCUT2D eigenvalue weighted by atomic mass is 16.4. The van der Waals surface area contributed by atoms with E-state index in [1.165, 1.54) is 6.07 Å². The van der Waals surface area contributed by atoms with Gasteiger partial charge < -0.3 is 5.11 Å². The molecule has 0 bridgehead atoms. The molecular formula is C11H7N3O2. The molecule has 0 aliphatic heterocycles. The molecule has 1 N–H and O–H groups in total. The second-order valence-electron chi connectivity index (χ2n) is 3.39. The number of nitrogens with zero attached hydrogens (tertiary/aromatic N) is 3. The van der Waals surface area contributed by atoms with E-state index in [0.29, 0.717) is 5.65 Å². The summed E-state index contributed by atoms with van der Waals surface area (Å²) in [5.74, 6) is -1.04. The quantitative estimate of drug-likeness (QED) is 0.666. The zero-order valence-electron chi connectivity index (χ0n) is 8.16. The highest BCUT2D eigenvalue weighted by molar-refractivity contribution is 5.86. The lowest BCUT2D eigenvalue weighted by Crippen LogP contribution is -2.04. The molecule has 0 aliphatic rings. The molecule has 5 nitrogen and oxygen atoms in total. The highest BCUT2D eigenvalue weighted by Crippen LogP contribution is 2.14. The Hall–Kier alpha value is -2.43. The maximum Gasteiger partial charge on any atom is 0.356 e. The summed E-state index contributed by atoms with van der Waals surface area (Å²) < 4.78 is 1.54. The molecule has 0 saturated carbocycles. The smallest absolute Gasteiger partial charge is 0.356 e. The van der Waals surface area contributed by atoms with Crippen molar-refractivity contribution in [2.24, 2.45) is 0 Å². The van der Waals surface area contributed by atoms with E-state index >= 15 is 0 Å². The van der Waals surface area contributed by atoms with Crippen LogP contribution in [0.2, 0.25) is 0 Å². The predicted octanol–water partition coefficient (Wildman–Crippen LogP) is 1.58. The highest BCUT2D eigenvalue weighted by Gasteiger charge is 2.09. The normalized spacial score (nSPS) is 11.0. The summed E-state index contributed by atoms with van der Waals surface area (Å²) in [7, 11) is 0. The molecule has 78 valence electrons. The molecule has 3 aromatic rings. The number of para-hydroxylation sites is 2. The van der Waals surface area contributed by atoms with Crippen LogP contribution in [0.1, 0.15) is 10.5 Å². The minimum absolute atomic E-state index is 0.00986. The fourth-order valence-corrected chi connectivity index (χ4v) is 1.65. The molecule has 0 fully saturated rings. The van der Waals surface area contributed by atoms with Gasteiger partial charge in [-0.05, 0) is 24.3 Å². The van der Waals surface area contributed by atoms with Crippen LogP contribution in [0.25, 0.3) is 16.7 Å². The van der Waals surface area contributed by atoms with Crippen molar-refractivity contribution in [2.45, 2.75) is 0 Å². The van der Waals surface area contributed by atoms with Crippen molar-refractivity contribution < 1.29 is 9.90 Å². The van der Waals surface area contributed by atoms with Gasteiger partial charge in [0.05, 0.1) is 11.0 Å². The molecule has 0 radical (unpaired) electrons. The Kier molecular flexibility index (Phi) is 1.67. The molecular weight excluding hydrogens is 206 g/mol. The van der Waals surface area contributed by atoms with Crippen LogP contribution in [0, 0.1) is 0 Å². The fourth-order valence-electron chi connectivity index (χ4n) is 1.65. The molecule has 0 spiro atoms. The Labute approximate surface area is 90.0 Å². The number of carbonyl (C=O) groups is 1. The van der Waals surface area contributed by atoms with Crippen LogP contribution in [0.4, 0.5) is 0 Å². The number of rotatable bonds is 1. The Morgan fingerprint density at radius 1 is 1.19 bits per heavy atom. The Morgan fingerprint density at radius 3 is 2.81 bits per heavy atom. The Balaban J connectivity index is 2.44. The standard InChI is InChI=1S/C11H7N3O2/c15-11(16)8-5-6-10-12-7-3-1-2-4-9(7)14(10)13-8/h1-6H,(H,15,16). The third-order valence-corrected chi connectivity index (χ3v) is 2.38. The average Bonchev–Trinajstić information content (AvgIpc) is 2.66. The molecule has 0 aliphatic carbocycles. The average molecular weight is 213 g/mol. The summed E-state index contributed by atoms with van der Waals surface area (Å²) in [4.78, 5) is 15.1. The lowest BCUT2D eigenvalue weighted by atomic mass is 10.3. The molecule has 16 heavy (non-hydrogen) atoms. The van der Waals surface area contributed by atoms with Crippen molar-refractivity contribution in [1.82, 2.24) is 14.6 Å². The fraction of sp³-hybridized carbons (Fsp3) is 0. The van der Waals surface area contributed by atoms with Gasteiger partial charge in [-0.15, -0.1) is 0 Å². The van der Waals surface area contributed by atoms with Crippen molar-refractivity contribution in [1.29, 1.82) is 0 Å². The van der Waals surface area contributed by atoms with Gasteiger partial charge in [0, 0.05) is 0 Å².